The zero-order chi connectivity index (χ0) is 26.1. The predicted octanol–water partition coefficient (Wildman–Crippen LogP) is 4.10. The molecule has 3 heterocycles. The molecule has 0 fully saturated rings. The number of aromatic nitrogens is 3. The van der Waals surface area contributed by atoms with Crippen molar-refractivity contribution in [3.05, 3.63) is 54.1 Å². The molecule has 1 aliphatic heterocycles. The number of ether oxygens (including phenoxy) is 2. The molecular formula is C27H32FN7O2. The van der Waals surface area contributed by atoms with E-state index in [4.69, 9.17) is 15.2 Å². The number of hydrogen-bond acceptors (Lipinski definition) is 8. The SMILES string of the molecule is COc1cc(N(C)CCN(C)C)c(N)cc1Nc1ncc(F)c(-c2c3n(c4ccccc24)CCOC3)n1. The van der Waals surface area contributed by atoms with Crippen LogP contribution < -0.4 is 20.7 Å². The van der Waals surface area contributed by atoms with Gasteiger partial charge in [-0.15, -0.1) is 0 Å². The Hall–Kier alpha value is -3.89. The van der Waals surface area contributed by atoms with Crippen LogP contribution in [0.3, 0.4) is 0 Å². The normalized spacial score (nSPS) is 13.1. The smallest absolute Gasteiger partial charge is 0.228 e. The van der Waals surface area contributed by atoms with Crippen LogP contribution in [0.5, 0.6) is 5.75 Å². The van der Waals surface area contributed by atoms with E-state index in [2.05, 4.69) is 29.7 Å². The van der Waals surface area contributed by atoms with Crippen LogP contribution in [0.1, 0.15) is 5.69 Å². The average molecular weight is 506 g/mol. The Bertz CT molecular complexity index is 1440. The number of fused-ring (bicyclic) bond motifs is 3. The van der Waals surface area contributed by atoms with Gasteiger partial charge in [0.2, 0.25) is 5.95 Å². The number of hydrogen-bond donors (Lipinski definition) is 2. The Morgan fingerprint density at radius 1 is 1.19 bits per heavy atom. The Kier molecular flexibility index (Phi) is 6.86. The van der Waals surface area contributed by atoms with E-state index in [1.807, 2.05) is 51.5 Å². The highest BCUT2D eigenvalue weighted by atomic mass is 19.1. The molecule has 10 heteroatoms. The summed E-state index contributed by atoms with van der Waals surface area (Å²) in [4.78, 5) is 13.0. The molecule has 0 bridgehead atoms. The summed E-state index contributed by atoms with van der Waals surface area (Å²) in [7, 11) is 7.64. The van der Waals surface area contributed by atoms with Crippen molar-refractivity contribution >= 4 is 33.9 Å². The molecule has 0 spiro atoms. The van der Waals surface area contributed by atoms with Gasteiger partial charge in [0.1, 0.15) is 11.4 Å². The number of likely N-dealkylation sites (N-methyl/N-ethyl adjacent to an activating group) is 2. The molecule has 4 aromatic rings. The van der Waals surface area contributed by atoms with E-state index in [1.54, 1.807) is 13.2 Å². The fourth-order valence-corrected chi connectivity index (χ4v) is 4.73. The summed E-state index contributed by atoms with van der Waals surface area (Å²) in [5.74, 6) is 0.318. The van der Waals surface area contributed by atoms with Gasteiger partial charge in [0.05, 0.1) is 49.3 Å². The monoisotopic (exact) mass is 505 g/mol. The topological polar surface area (TPSA) is 93.7 Å². The molecule has 0 saturated heterocycles. The summed E-state index contributed by atoms with van der Waals surface area (Å²) in [5.41, 5.74) is 11.3. The number of anilines is 4. The molecule has 0 radical (unpaired) electrons. The molecule has 0 saturated carbocycles. The van der Waals surface area contributed by atoms with Crippen LogP contribution in [-0.2, 0) is 17.9 Å². The number of halogens is 1. The maximum absolute atomic E-state index is 15.2. The van der Waals surface area contributed by atoms with Crippen molar-refractivity contribution in [1.82, 2.24) is 19.4 Å². The zero-order valence-corrected chi connectivity index (χ0v) is 21.6. The summed E-state index contributed by atoms with van der Waals surface area (Å²) < 4.78 is 28.7. The largest absolute Gasteiger partial charge is 0.494 e. The second-order valence-electron chi connectivity index (χ2n) is 9.39. The number of nitrogens with zero attached hydrogens (tertiary/aromatic N) is 5. The predicted molar refractivity (Wildman–Crippen MR) is 145 cm³/mol. The first kappa shape index (κ1) is 24.8. The minimum absolute atomic E-state index is 0.222. The van der Waals surface area contributed by atoms with Crippen LogP contribution >= 0.6 is 0 Å². The lowest BCUT2D eigenvalue weighted by Gasteiger charge is -2.24. The quantitative estimate of drug-likeness (QED) is 0.346. The second kappa shape index (κ2) is 10.2. The second-order valence-corrected chi connectivity index (χ2v) is 9.39. The van der Waals surface area contributed by atoms with E-state index in [1.165, 1.54) is 6.20 Å². The number of benzene rings is 2. The van der Waals surface area contributed by atoms with Gasteiger partial charge in [0, 0.05) is 49.2 Å². The van der Waals surface area contributed by atoms with Gasteiger partial charge >= 0.3 is 0 Å². The van der Waals surface area contributed by atoms with E-state index in [0.717, 1.165) is 40.9 Å². The van der Waals surface area contributed by atoms with Gasteiger partial charge in [0.25, 0.3) is 0 Å². The molecule has 0 amide bonds. The lowest BCUT2D eigenvalue weighted by molar-refractivity contribution is 0.0869. The lowest BCUT2D eigenvalue weighted by Crippen LogP contribution is -2.29. The average Bonchev–Trinajstić information content (AvgIpc) is 3.23. The molecule has 194 valence electrons. The molecular weight excluding hydrogens is 473 g/mol. The number of methoxy groups -OCH3 is 1. The Labute approximate surface area is 215 Å². The van der Waals surface area contributed by atoms with Gasteiger partial charge in [-0.3, -0.25) is 0 Å². The molecule has 0 unspecified atom stereocenters. The summed E-state index contributed by atoms with van der Waals surface area (Å²) in [6, 6.07) is 11.6. The van der Waals surface area contributed by atoms with Crippen molar-refractivity contribution < 1.29 is 13.9 Å². The number of rotatable bonds is 8. The molecule has 0 atom stereocenters. The standard InChI is InChI=1S/C27H32FN7O2/c1-33(2)9-10-34(3)22-14-24(36-4)20(13-19(22)29)31-27-30-15-18(28)26(32-27)25-17-7-5-6-8-21(17)35-11-12-37-16-23(25)35/h5-8,13-15H,9-12,16,29H2,1-4H3,(H,30,31,32). The molecule has 5 rings (SSSR count). The van der Waals surface area contributed by atoms with Gasteiger partial charge in [-0.2, -0.15) is 0 Å². The molecule has 1 aliphatic rings. The van der Waals surface area contributed by atoms with Crippen LogP contribution in [0, 0.1) is 5.82 Å². The van der Waals surface area contributed by atoms with Crippen LogP contribution in [0.2, 0.25) is 0 Å². The maximum Gasteiger partial charge on any atom is 0.228 e. The van der Waals surface area contributed by atoms with Crippen LogP contribution in [0.15, 0.2) is 42.6 Å². The van der Waals surface area contributed by atoms with Crippen molar-refractivity contribution in [3.63, 3.8) is 0 Å². The minimum Gasteiger partial charge on any atom is -0.494 e. The van der Waals surface area contributed by atoms with Crippen molar-refractivity contribution in [1.29, 1.82) is 0 Å². The number of nitrogen functional groups attached to an aromatic ring is 1. The molecule has 0 aliphatic carbocycles. The van der Waals surface area contributed by atoms with Gasteiger partial charge in [-0.1, -0.05) is 18.2 Å². The third kappa shape index (κ3) is 4.77. The first-order valence-electron chi connectivity index (χ1n) is 12.2. The van der Waals surface area contributed by atoms with Crippen molar-refractivity contribution in [2.75, 3.05) is 63.9 Å². The third-order valence-corrected chi connectivity index (χ3v) is 6.65. The van der Waals surface area contributed by atoms with Gasteiger partial charge in [-0.05, 0) is 26.2 Å². The molecule has 37 heavy (non-hydrogen) atoms. The van der Waals surface area contributed by atoms with Crippen molar-refractivity contribution in [2.24, 2.45) is 0 Å². The van der Waals surface area contributed by atoms with E-state index in [-0.39, 0.29) is 11.6 Å². The third-order valence-electron chi connectivity index (χ3n) is 6.65. The first-order chi connectivity index (χ1) is 17.9. The van der Waals surface area contributed by atoms with Crippen LogP contribution in [0.25, 0.3) is 22.2 Å². The van der Waals surface area contributed by atoms with E-state index < -0.39 is 5.82 Å². The van der Waals surface area contributed by atoms with Gasteiger partial charge in [0.15, 0.2) is 5.82 Å². The van der Waals surface area contributed by atoms with E-state index in [0.29, 0.717) is 36.9 Å². The number of nitrogens with one attached hydrogen (secondary N) is 1. The Morgan fingerprint density at radius 2 is 2.00 bits per heavy atom. The van der Waals surface area contributed by atoms with Crippen LogP contribution in [0.4, 0.5) is 27.4 Å². The number of nitrogens with two attached hydrogens (primary N) is 1. The summed E-state index contributed by atoms with van der Waals surface area (Å²) in [5, 5.41) is 4.11. The zero-order valence-electron chi connectivity index (χ0n) is 21.6. The van der Waals surface area contributed by atoms with Crippen LogP contribution in [-0.4, -0.2) is 67.4 Å². The fraction of sp³-hybridized carbons (Fsp3) is 0.333. The Morgan fingerprint density at radius 3 is 2.78 bits per heavy atom. The highest BCUT2D eigenvalue weighted by Crippen LogP contribution is 2.39. The fourth-order valence-electron chi connectivity index (χ4n) is 4.73. The van der Waals surface area contributed by atoms with Gasteiger partial charge < -0.3 is 34.9 Å². The number of para-hydroxylation sites is 1. The maximum atomic E-state index is 15.2. The Balaban J connectivity index is 1.52. The summed E-state index contributed by atoms with van der Waals surface area (Å²) in [6.07, 6.45) is 1.19. The minimum atomic E-state index is -0.500. The van der Waals surface area contributed by atoms with Crippen molar-refractivity contribution in [2.45, 2.75) is 13.2 Å². The highest BCUT2D eigenvalue weighted by Gasteiger charge is 2.25. The summed E-state index contributed by atoms with van der Waals surface area (Å²) >= 11 is 0. The first-order valence-corrected chi connectivity index (χ1v) is 12.2. The van der Waals surface area contributed by atoms with Gasteiger partial charge in [-0.25, -0.2) is 14.4 Å². The molecule has 2 aromatic heterocycles. The van der Waals surface area contributed by atoms with E-state index >= 15 is 4.39 Å². The van der Waals surface area contributed by atoms with E-state index in [9.17, 15) is 0 Å². The molecule has 9 nitrogen and oxygen atoms in total. The summed E-state index contributed by atoms with van der Waals surface area (Å²) in [6.45, 7) is 3.40. The molecule has 3 N–H and O–H groups in total. The lowest BCUT2D eigenvalue weighted by atomic mass is 10.1. The molecule has 2 aromatic carbocycles. The van der Waals surface area contributed by atoms with Crippen molar-refractivity contribution in [3.8, 4) is 17.0 Å². The highest BCUT2D eigenvalue weighted by molar-refractivity contribution is 5.97.